The van der Waals surface area contributed by atoms with E-state index in [1.54, 1.807) is 0 Å². The number of nitrogens with zero attached hydrogens (tertiary/aromatic N) is 3. The van der Waals surface area contributed by atoms with Crippen LogP contribution in [-0.4, -0.2) is 34.1 Å². The molecule has 0 spiro atoms. The fraction of sp³-hybridized carbons (Fsp3) is 0.667. The number of aliphatic carboxylic acids is 1. The number of aryl methyl sites for hydroxylation is 1. The summed E-state index contributed by atoms with van der Waals surface area (Å²) < 4.78 is 0. The third-order valence-corrected chi connectivity index (χ3v) is 4.18. The molecule has 0 radical (unpaired) electrons. The first kappa shape index (κ1) is 13.3. The van der Waals surface area contributed by atoms with Crippen LogP contribution in [0.25, 0.3) is 0 Å². The summed E-state index contributed by atoms with van der Waals surface area (Å²) in [4.78, 5) is 22.6. The molecular weight excluding hydrogens is 254 g/mol. The second kappa shape index (κ2) is 5.38. The van der Waals surface area contributed by atoms with Crippen molar-refractivity contribution >= 4 is 11.8 Å². The Morgan fingerprint density at radius 1 is 1.40 bits per heavy atom. The molecule has 1 saturated carbocycles. The predicted molar refractivity (Wildman–Crippen MR) is 76.0 cm³/mol. The Hall–Kier alpha value is -1.65. The normalized spacial score (nSPS) is 22.9. The van der Waals surface area contributed by atoms with Crippen LogP contribution in [0.5, 0.6) is 0 Å². The molecule has 5 nitrogen and oxygen atoms in total. The summed E-state index contributed by atoms with van der Waals surface area (Å²) in [6.07, 6.45) is 4.95. The molecule has 1 N–H and O–H groups in total. The molecule has 1 unspecified atom stereocenters. The smallest absolute Gasteiger partial charge is 0.308 e. The maximum Gasteiger partial charge on any atom is 0.308 e. The van der Waals surface area contributed by atoms with Gasteiger partial charge in [0.1, 0.15) is 11.6 Å². The lowest BCUT2D eigenvalue weighted by atomic mass is 9.98. The van der Waals surface area contributed by atoms with E-state index in [0.29, 0.717) is 12.5 Å². The number of carboxylic acids is 1. The molecule has 108 valence electrons. The van der Waals surface area contributed by atoms with Gasteiger partial charge in [-0.1, -0.05) is 6.92 Å². The quantitative estimate of drug-likeness (QED) is 0.912. The van der Waals surface area contributed by atoms with Crippen LogP contribution in [0.4, 0.5) is 5.82 Å². The lowest BCUT2D eigenvalue weighted by molar-refractivity contribution is -0.141. The SMILES string of the molecule is CCc1cc(N2CCCC(C(=O)O)C2)nc(C2CC2)n1. The summed E-state index contributed by atoms with van der Waals surface area (Å²) in [5, 5.41) is 9.20. The van der Waals surface area contributed by atoms with Gasteiger partial charge in [0.25, 0.3) is 0 Å². The van der Waals surface area contributed by atoms with Crippen molar-refractivity contribution in [3.63, 3.8) is 0 Å². The van der Waals surface area contributed by atoms with E-state index in [1.165, 1.54) is 12.8 Å². The van der Waals surface area contributed by atoms with Crippen LogP contribution in [0.2, 0.25) is 0 Å². The standard InChI is InChI=1S/C15H21N3O2/c1-2-12-8-13(17-14(16-12)10-5-6-10)18-7-3-4-11(9-18)15(19)20/h8,10-11H,2-7,9H2,1H3,(H,19,20). The molecule has 1 atom stereocenters. The van der Waals surface area contributed by atoms with Crippen molar-refractivity contribution in [2.24, 2.45) is 5.92 Å². The van der Waals surface area contributed by atoms with Crippen LogP contribution in [0.3, 0.4) is 0 Å². The van der Waals surface area contributed by atoms with E-state index in [0.717, 1.165) is 43.1 Å². The first-order chi connectivity index (χ1) is 9.67. The second-order valence-electron chi connectivity index (χ2n) is 5.83. The Balaban J connectivity index is 1.84. The second-order valence-corrected chi connectivity index (χ2v) is 5.83. The maximum atomic E-state index is 11.2. The van der Waals surface area contributed by atoms with Gasteiger partial charge in [-0.25, -0.2) is 9.97 Å². The van der Waals surface area contributed by atoms with Gasteiger partial charge in [0.15, 0.2) is 0 Å². The molecule has 0 amide bonds. The minimum atomic E-state index is -0.693. The van der Waals surface area contributed by atoms with Crippen molar-refractivity contribution in [3.8, 4) is 0 Å². The Labute approximate surface area is 119 Å². The largest absolute Gasteiger partial charge is 0.481 e. The van der Waals surface area contributed by atoms with Gasteiger partial charge in [0.2, 0.25) is 0 Å². The van der Waals surface area contributed by atoms with E-state index in [9.17, 15) is 9.90 Å². The molecule has 0 aromatic carbocycles. The average Bonchev–Trinajstić information content (AvgIpc) is 3.31. The molecule has 2 aliphatic rings. The average molecular weight is 275 g/mol. The number of rotatable bonds is 4. The Bertz CT molecular complexity index is 514. The molecular formula is C15H21N3O2. The summed E-state index contributed by atoms with van der Waals surface area (Å²) in [5.74, 6) is 1.44. The lowest BCUT2D eigenvalue weighted by Crippen LogP contribution is -2.39. The van der Waals surface area contributed by atoms with Crippen LogP contribution >= 0.6 is 0 Å². The van der Waals surface area contributed by atoms with Gasteiger partial charge in [-0.05, 0) is 32.1 Å². The fourth-order valence-electron chi connectivity index (χ4n) is 2.76. The van der Waals surface area contributed by atoms with Crippen LogP contribution in [-0.2, 0) is 11.2 Å². The first-order valence-electron chi connectivity index (χ1n) is 7.53. The van der Waals surface area contributed by atoms with E-state index < -0.39 is 5.97 Å². The van der Waals surface area contributed by atoms with Gasteiger partial charge in [-0.2, -0.15) is 0 Å². The highest BCUT2D eigenvalue weighted by Crippen LogP contribution is 2.39. The highest BCUT2D eigenvalue weighted by Gasteiger charge is 2.30. The number of aromatic nitrogens is 2. The van der Waals surface area contributed by atoms with Crippen LogP contribution in [0, 0.1) is 5.92 Å². The minimum absolute atomic E-state index is 0.270. The molecule has 1 aromatic rings. The molecule has 5 heteroatoms. The van der Waals surface area contributed by atoms with E-state index in [2.05, 4.69) is 21.8 Å². The minimum Gasteiger partial charge on any atom is -0.481 e. The number of carbonyl (C=O) groups is 1. The summed E-state index contributed by atoms with van der Waals surface area (Å²) in [5.41, 5.74) is 1.06. The summed E-state index contributed by atoms with van der Waals surface area (Å²) in [6, 6.07) is 2.02. The Morgan fingerprint density at radius 3 is 2.85 bits per heavy atom. The van der Waals surface area contributed by atoms with E-state index in [4.69, 9.17) is 0 Å². The first-order valence-corrected chi connectivity index (χ1v) is 7.53. The molecule has 1 aromatic heterocycles. The highest BCUT2D eigenvalue weighted by molar-refractivity contribution is 5.71. The predicted octanol–water partition coefficient (Wildman–Crippen LogP) is 2.22. The number of hydrogen-bond donors (Lipinski definition) is 1. The molecule has 1 saturated heterocycles. The third kappa shape index (κ3) is 2.76. The van der Waals surface area contributed by atoms with Crippen molar-refractivity contribution in [2.75, 3.05) is 18.0 Å². The van der Waals surface area contributed by atoms with Gasteiger partial charge in [0.05, 0.1) is 5.92 Å². The Morgan fingerprint density at radius 2 is 2.20 bits per heavy atom. The number of hydrogen-bond acceptors (Lipinski definition) is 4. The lowest BCUT2D eigenvalue weighted by Gasteiger charge is -2.32. The maximum absolute atomic E-state index is 11.2. The van der Waals surface area contributed by atoms with Crippen molar-refractivity contribution in [1.29, 1.82) is 0 Å². The van der Waals surface area contributed by atoms with E-state index in [-0.39, 0.29) is 5.92 Å². The van der Waals surface area contributed by atoms with Crippen LogP contribution in [0.15, 0.2) is 6.07 Å². The van der Waals surface area contributed by atoms with Crippen LogP contribution < -0.4 is 4.90 Å². The zero-order valence-electron chi connectivity index (χ0n) is 11.9. The summed E-state index contributed by atoms with van der Waals surface area (Å²) >= 11 is 0. The molecule has 1 aliphatic heterocycles. The molecule has 2 fully saturated rings. The summed E-state index contributed by atoms with van der Waals surface area (Å²) in [7, 11) is 0. The van der Waals surface area contributed by atoms with E-state index in [1.807, 2.05) is 6.07 Å². The zero-order chi connectivity index (χ0) is 14.1. The van der Waals surface area contributed by atoms with Crippen LogP contribution in [0.1, 0.15) is 50.0 Å². The zero-order valence-corrected chi connectivity index (χ0v) is 11.9. The molecule has 20 heavy (non-hydrogen) atoms. The molecule has 2 heterocycles. The van der Waals surface area contributed by atoms with Gasteiger partial charge in [-0.15, -0.1) is 0 Å². The fourth-order valence-corrected chi connectivity index (χ4v) is 2.76. The van der Waals surface area contributed by atoms with Gasteiger partial charge >= 0.3 is 5.97 Å². The molecule has 3 rings (SSSR count). The van der Waals surface area contributed by atoms with Gasteiger partial charge in [0, 0.05) is 30.8 Å². The van der Waals surface area contributed by atoms with Crippen molar-refractivity contribution < 1.29 is 9.90 Å². The van der Waals surface area contributed by atoms with Crippen molar-refractivity contribution in [1.82, 2.24) is 9.97 Å². The summed E-state index contributed by atoms with van der Waals surface area (Å²) in [6.45, 7) is 3.56. The molecule has 0 bridgehead atoms. The monoisotopic (exact) mass is 275 g/mol. The third-order valence-electron chi connectivity index (χ3n) is 4.18. The Kier molecular flexibility index (Phi) is 3.59. The number of piperidine rings is 1. The van der Waals surface area contributed by atoms with Gasteiger partial charge in [-0.3, -0.25) is 4.79 Å². The van der Waals surface area contributed by atoms with Crippen molar-refractivity contribution in [2.45, 2.75) is 44.9 Å². The number of carboxylic acid groups (broad SMARTS) is 1. The van der Waals surface area contributed by atoms with Gasteiger partial charge < -0.3 is 10.0 Å². The van der Waals surface area contributed by atoms with Crippen molar-refractivity contribution in [3.05, 3.63) is 17.6 Å². The van der Waals surface area contributed by atoms with E-state index >= 15 is 0 Å². The highest BCUT2D eigenvalue weighted by atomic mass is 16.4. The topological polar surface area (TPSA) is 66.3 Å². The number of anilines is 1. The molecule has 1 aliphatic carbocycles.